The van der Waals surface area contributed by atoms with Crippen molar-refractivity contribution in [2.75, 3.05) is 0 Å². The van der Waals surface area contributed by atoms with E-state index in [4.69, 9.17) is 4.52 Å². The van der Waals surface area contributed by atoms with E-state index in [9.17, 15) is 5.11 Å². The number of rotatable bonds is 2. The van der Waals surface area contributed by atoms with Crippen molar-refractivity contribution in [3.63, 3.8) is 0 Å². The minimum Gasteiger partial charge on any atom is -0.505 e. The first-order valence-electron chi connectivity index (χ1n) is 5.94. The zero-order valence-electron chi connectivity index (χ0n) is 10.6. The Bertz CT molecular complexity index is 811. The Balaban J connectivity index is 2.04. The minimum absolute atomic E-state index is 0.0680. The van der Waals surface area contributed by atoms with E-state index in [-0.39, 0.29) is 5.75 Å². The van der Waals surface area contributed by atoms with E-state index in [1.165, 1.54) is 0 Å². The summed E-state index contributed by atoms with van der Waals surface area (Å²) in [5, 5.41) is 23.4. The Morgan fingerprint density at radius 3 is 2.75 bits per heavy atom. The topological polar surface area (TPSA) is 71.0 Å². The van der Waals surface area contributed by atoms with E-state index in [0.29, 0.717) is 17.0 Å². The number of hydrogen-bond donors (Lipinski definition) is 2. The number of aryl methyl sites for hydroxylation is 1. The Labute approximate surface area is 120 Å². The number of aromatic nitrogens is 1. The van der Waals surface area contributed by atoms with Gasteiger partial charge in [0.25, 0.3) is 5.88 Å². The highest BCUT2D eigenvalue weighted by atomic mass is 32.1. The van der Waals surface area contributed by atoms with Gasteiger partial charge in [-0.05, 0) is 24.4 Å². The summed E-state index contributed by atoms with van der Waals surface area (Å²) in [5.41, 5.74) is 1.09. The van der Waals surface area contributed by atoms with Crippen LogP contribution in [0, 0.1) is 6.92 Å². The number of thiol groups is 1. The van der Waals surface area contributed by atoms with Crippen LogP contribution in [0.15, 0.2) is 56.0 Å². The lowest BCUT2D eigenvalue weighted by Crippen LogP contribution is -1.77. The number of benzene rings is 2. The van der Waals surface area contributed by atoms with E-state index < -0.39 is 0 Å². The molecule has 1 heterocycles. The molecule has 6 heteroatoms. The molecule has 0 amide bonds. The minimum atomic E-state index is 0.0680. The molecule has 1 N–H and O–H groups in total. The molecular weight excluding hydrogens is 274 g/mol. The molecule has 0 fully saturated rings. The van der Waals surface area contributed by atoms with E-state index in [0.717, 1.165) is 16.0 Å². The highest BCUT2D eigenvalue weighted by molar-refractivity contribution is 7.80. The third-order valence-corrected chi connectivity index (χ3v) is 3.25. The zero-order chi connectivity index (χ0) is 14.1. The van der Waals surface area contributed by atoms with Crippen LogP contribution in [0.2, 0.25) is 0 Å². The average molecular weight is 285 g/mol. The molecule has 3 aromatic rings. The number of azo groups is 1. The quantitative estimate of drug-likeness (QED) is 0.536. The number of fused-ring (bicyclic) bond motifs is 1. The molecule has 100 valence electrons. The SMILES string of the molecule is Cc1cc(/N=N/c2ccc3c(S)cccc3c2O)on1. The largest absolute Gasteiger partial charge is 0.505 e. The lowest BCUT2D eigenvalue weighted by Gasteiger charge is -2.05. The van der Waals surface area contributed by atoms with E-state index >= 15 is 0 Å². The van der Waals surface area contributed by atoms with Gasteiger partial charge in [0.15, 0.2) is 5.75 Å². The lowest BCUT2D eigenvalue weighted by molar-refractivity contribution is 0.422. The molecule has 0 saturated carbocycles. The standard InChI is InChI=1S/C14H11N3O2S/c1-8-7-13(19-17-8)16-15-11-6-5-9-10(14(11)18)3-2-4-12(9)20/h2-7,18,20H,1H3/b16-15+. The summed E-state index contributed by atoms with van der Waals surface area (Å²) in [4.78, 5) is 0.798. The second kappa shape index (κ2) is 4.97. The summed E-state index contributed by atoms with van der Waals surface area (Å²) in [6.07, 6.45) is 0. The molecule has 3 rings (SSSR count). The van der Waals surface area contributed by atoms with Crippen molar-refractivity contribution in [1.82, 2.24) is 5.16 Å². The molecule has 0 radical (unpaired) electrons. The van der Waals surface area contributed by atoms with Gasteiger partial charge in [-0.3, -0.25) is 0 Å². The van der Waals surface area contributed by atoms with Crippen molar-refractivity contribution < 1.29 is 9.63 Å². The molecule has 0 unspecified atom stereocenters. The Morgan fingerprint density at radius 2 is 2.00 bits per heavy atom. The van der Waals surface area contributed by atoms with Gasteiger partial charge >= 0.3 is 0 Å². The van der Waals surface area contributed by atoms with Crippen molar-refractivity contribution in [2.24, 2.45) is 10.2 Å². The Morgan fingerprint density at radius 1 is 1.15 bits per heavy atom. The van der Waals surface area contributed by atoms with Crippen LogP contribution in [0.5, 0.6) is 5.75 Å². The molecule has 0 bridgehead atoms. The molecule has 20 heavy (non-hydrogen) atoms. The first kappa shape index (κ1) is 12.7. The summed E-state index contributed by atoms with van der Waals surface area (Å²) in [6.45, 7) is 1.80. The smallest absolute Gasteiger partial charge is 0.269 e. The second-order valence-corrected chi connectivity index (χ2v) is 4.79. The summed E-state index contributed by atoms with van der Waals surface area (Å²) in [5.74, 6) is 0.364. The molecule has 2 aromatic carbocycles. The van der Waals surface area contributed by atoms with Crippen molar-refractivity contribution in [1.29, 1.82) is 0 Å². The van der Waals surface area contributed by atoms with Gasteiger partial charge in [0, 0.05) is 16.3 Å². The maximum atomic E-state index is 10.2. The van der Waals surface area contributed by atoms with Crippen molar-refractivity contribution in [3.05, 3.63) is 42.1 Å². The fourth-order valence-corrected chi connectivity index (χ4v) is 2.18. The molecule has 5 nitrogen and oxygen atoms in total. The predicted octanol–water partition coefficient (Wildman–Crippen LogP) is 4.55. The number of hydrogen-bond acceptors (Lipinski definition) is 6. The van der Waals surface area contributed by atoms with E-state index in [1.54, 1.807) is 19.1 Å². The summed E-state index contributed by atoms with van der Waals surface area (Å²) in [7, 11) is 0. The lowest BCUT2D eigenvalue weighted by atomic mass is 10.1. The highest BCUT2D eigenvalue weighted by Crippen LogP contribution is 2.37. The number of phenols is 1. The van der Waals surface area contributed by atoms with Gasteiger partial charge in [-0.2, -0.15) is 0 Å². The molecule has 0 aliphatic carbocycles. The summed E-state index contributed by atoms with van der Waals surface area (Å²) < 4.78 is 4.93. The maximum absolute atomic E-state index is 10.2. The summed E-state index contributed by atoms with van der Waals surface area (Å²) >= 11 is 4.36. The van der Waals surface area contributed by atoms with Crippen LogP contribution in [0.3, 0.4) is 0 Å². The van der Waals surface area contributed by atoms with Crippen LogP contribution in [-0.2, 0) is 0 Å². The van der Waals surface area contributed by atoms with Crippen LogP contribution in [-0.4, -0.2) is 10.3 Å². The van der Waals surface area contributed by atoms with Crippen LogP contribution in [0.4, 0.5) is 11.6 Å². The third kappa shape index (κ3) is 2.25. The molecule has 0 atom stereocenters. The molecule has 0 aliphatic heterocycles. The molecule has 0 saturated heterocycles. The van der Waals surface area contributed by atoms with Crippen LogP contribution in [0.25, 0.3) is 10.8 Å². The maximum Gasteiger partial charge on any atom is 0.269 e. The fourth-order valence-electron chi connectivity index (χ4n) is 1.89. The van der Waals surface area contributed by atoms with Gasteiger partial charge in [-0.15, -0.1) is 22.9 Å². The monoisotopic (exact) mass is 285 g/mol. The van der Waals surface area contributed by atoms with Crippen molar-refractivity contribution >= 4 is 35.0 Å². The molecular formula is C14H11N3O2S. The van der Waals surface area contributed by atoms with Crippen molar-refractivity contribution in [2.45, 2.75) is 11.8 Å². The highest BCUT2D eigenvalue weighted by Gasteiger charge is 2.08. The second-order valence-electron chi connectivity index (χ2n) is 4.31. The summed E-state index contributed by atoms with van der Waals surface area (Å²) in [6, 6.07) is 10.7. The van der Waals surface area contributed by atoms with Gasteiger partial charge in [0.05, 0.1) is 5.69 Å². The molecule has 0 spiro atoms. The third-order valence-electron chi connectivity index (χ3n) is 2.86. The van der Waals surface area contributed by atoms with Crippen LogP contribution in [0.1, 0.15) is 5.69 Å². The first-order valence-corrected chi connectivity index (χ1v) is 6.38. The van der Waals surface area contributed by atoms with Gasteiger partial charge in [-0.1, -0.05) is 23.4 Å². The average Bonchev–Trinajstić information content (AvgIpc) is 2.85. The van der Waals surface area contributed by atoms with Gasteiger partial charge in [0.1, 0.15) is 5.69 Å². The number of aromatic hydroxyl groups is 1. The van der Waals surface area contributed by atoms with Crippen LogP contribution < -0.4 is 0 Å². The van der Waals surface area contributed by atoms with Crippen LogP contribution >= 0.6 is 12.6 Å². The fraction of sp³-hybridized carbons (Fsp3) is 0.0714. The normalized spacial score (nSPS) is 11.5. The van der Waals surface area contributed by atoms with E-state index in [1.807, 2.05) is 24.3 Å². The zero-order valence-corrected chi connectivity index (χ0v) is 11.5. The van der Waals surface area contributed by atoms with Gasteiger partial charge in [-0.25, -0.2) is 0 Å². The van der Waals surface area contributed by atoms with Gasteiger partial charge in [0.2, 0.25) is 0 Å². The van der Waals surface area contributed by atoms with E-state index in [2.05, 4.69) is 28.0 Å². The Hall–Kier alpha value is -2.34. The predicted molar refractivity (Wildman–Crippen MR) is 78.3 cm³/mol. The molecule has 0 aliphatic rings. The number of nitrogens with zero attached hydrogens (tertiary/aromatic N) is 3. The number of phenolic OH excluding ortho intramolecular Hbond substituents is 1. The Kier molecular flexibility index (Phi) is 3.15. The molecule has 1 aromatic heterocycles. The van der Waals surface area contributed by atoms with Crippen molar-refractivity contribution in [3.8, 4) is 5.75 Å². The first-order chi connectivity index (χ1) is 9.65. The van der Waals surface area contributed by atoms with Gasteiger partial charge < -0.3 is 9.63 Å².